The summed E-state index contributed by atoms with van der Waals surface area (Å²) in [6, 6.07) is 7.19. The van der Waals surface area contributed by atoms with Gasteiger partial charge in [0.25, 0.3) is 0 Å². The van der Waals surface area contributed by atoms with Crippen LogP contribution in [0.4, 0.5) is 0 Å². The van der Waals surface area contributed by atoms with Gasteiger partial charge in [-0.25, -0.2) is 4.98 Å². The van der Waals surface area contributed by atoms with Crippen molar-refractivity contribution in [3.05, 3.63) is 35.7 Å². The number of imidazole rings is 1. The normalized spacial score (nSPS) is 14.6. The lowest BCUT2D eigenvalue weighted by atomic mass is 10.2. The van der Waals surface area contributed by atoms with Gasteiger partial charge in [-0.1, -0.05) is 0 Å². The highest BCUT2D eigenvalue weighted by Crippen LogP contribution is 2.24. The van der Waals surface area contributed by atoms with Gasteiger partial charge in [-0.05, 0) is 24.3 Å². The standard InChI is InChI=1S/C13H15N3O/c1-16-12-6-7-14-8-11(12)15-13(16)9-2-4-10(17)5-3-9/h2-5,14,17H,6-8H2,1H3. The van der Waals surface area contributed by atoms with Crippen molar-refractivity contribution in [3.8, 4) is 17.1 Å². The van der Waals surface area contributed by atoms with E-state index in [0.717, 1.165) is 36.6 Å². The maximum atomic E-state index is 9.30. The number of fused-ring (bicyclic) bond motifs is 1. The van der Waals surface area contributed by atoms with Crippen molar-refractivity contribution >= 4 is 0 Å². The molecule has 88 valence electrons. The van der Waals surface area contributed by atoms with Crippen LogP contribution >= 0.6 is 0 Å². The number of phenolic OH excluding ortho intramolecular Hbond substituents is 1. The topological polar surface area (TPSA) is 50.1 Å². The third kappa shape index (κ3) is 1.70. The van der Waals surface area contributed by atoms with E-state index in [1.165, 1.54) is 5.69 Å². The molecule has 1 aromatic heterocycles. The number of nitrogens with one attached hydrogen (secondary N) is 1. The molecule has 0 spiro atoms. The van der Waals surface area contributed by atoms with Crippen molar-refractivity contribution in [2.24, 2.45) is 7.05 Å². The summed E-state index contributed by atoms with van der Waals surface area (Å²) in [6.07, 6.45) is 1.02. The van der Waals surface area contributed by atoms with E-state index in [0.29, 0.717) is 0 Å². The largest absolute Gasteiger partial charge is 0.508 e. The molecule has 0 atom stereocenters. The average molecular weight is 229 g/mol. The minimum absolute atomic E-state index is 0.286. The third-order valence-electron chi connectivity index (χ3n) is 3.25. The zero-order valence-electron chi connectivity index (χ0n) is 9.77. The van der Waals surface area contributed by atoms with Gasteiger partial charge in [0.15, 0.2) is 0 Å². The summed E-state index contributed by atoms with van der Waals surface area (Å²) < 4.78 is 2.16. The van der Waals surface area contributed by atoms with Crippen LogP contribution in [0, 0.1) is 0 Å². The SMILES string of the molecule is Cn1c(-c2ccc(O)cc2)nc2c1CCNC2. The van der Waals surface area contributed by atoms with Crippen molar-refractivity contribution in [1.82, 2.24) is 14.9 Å². The molecule has 4 heteroatoms. The lowest BCUT2D eigenvalue weighted by Gasteiger charge is -2.12. The smallest absolute Gasteiger partial charge is 0.140 e. The lowest BCUT2D eigenvalue weighted by molar-refractivity contribution is 0.475. The van der Waals surface area contributed by atoms with Gasteiger partial charge in [-0.2, -0.15) is 0 Å². The Hall–Kier alpha value is -1.81. The van der Waals surface area contributed by atoms with E-state index in [-0.39, 0.29) is 5.75 Å². The van der Waals surface area contributed by atoms with Crippen LogP contribution in [0.5, 0.6) is 5.75 Å². The van der Waals surface area contributed by atoms with Crippen LogP contribution in [0.15, 0.2) is 24.3 Å². The molecule has 1 aliphatic rings. The molecule has 0 unspecified atom stereocenters. The molecule has 2 heterocycles. The van der Waals surface area contributed by atoms with E-state index < -0.39 is 0 Å². The Kier molecular flexibility index (Phi) is 2.37. The molecule has 4 nitrogen and oxygen atoms in total. The Balaban J connectivity index is 2.09. The van der Waals surface area contributed by atoms with Gasteiger partial charge in [0.1, 0.15) is 11.6 Å². The second-order valence-electron chi connectivity index (χ2n) is 4.36. The molecule has 0 aliphatic carbocycles. The predicted molar refractivity (Wildman–Crippen MR) is 65.7 cm³/mol. The monoisotopic (exact) mass is 229 g/mol. The van der Waals surface area contributed by atoms with Crippen LogP contribution in [0.25, 0.3) is 11.4 Å². The van der Waals surface area contributed by atoms with Crippen LogP contribution in [0.3, 0.4) is 0 Å². The number of hydrogen-bond donors (Lipinski definition) is 2. The quantitative estimate of drug-likeness (QED) is 0.778. The predicted octanol–water partition coefficient (Wildman–Crippen LogP) is 1.44. The molecule has 0 saturated carbocycles. The summed E-state index contributed by atoms with van der Waals surface area (Å²) in [5, 5.41) is 12.6. The van der Waals surface area contributed by atoms with Gasteiger partial charge >= 0.3 is 0 Å². The van der Waals surface area contributed by atoms with Crippen LogP contribution < -0.4 is 5.32 Å². The highest BCUT2D eigenvalue weighted by molar-refractivity contribution is 5.58. The number of aromatic hydroxyl groups is 1. The Labute approximate surface area is 99.9 Å². The van der Waals surface area contributed by atoms with E-state index in [1.807, 2.05) is 12.1 Å². The van der Waals surface area contributed by atoms with E-state index in [4.69, 9.17) is 0 Å². The molecule has 2 aromatic rings. The highest BCUT2D eigenvalue weighted by Gasteiger charge is 2.18. The maximum Gasteiger partial charge on any atom is 0.140 e. The first-order valence-electron chi connectivity index (χ1n) is 5.80. The molecule has 17 heavy (non-hydrogen) atoms. The maximum absolute atomic E-state index is 9.30. The fourth-order valence-corrected chi connectivity index (χ4v) is 2.32. The van der Waals surface area contributed by atoms with Crippen LogP contribution in [0.1, 0.15) is 11.4 Å². The molecular weight excluding hydrogens is 214 g/mol. The summed E-state index contributed by atoms with van der Waals surface area (Å²) in [6.45, 7) is 1.86. The number of aromatic nitrogens is 2. The van der Waals surface area contributed by atoms with E-state index in [2.05, 4.69) is 21.9 Å². The Morgan fingerprint density at radius 2 is 2.06 bits per heavy atom. The molecule has 1 aliphatic heterocycles. The van der Waals surface area contributed by atoms with E-state index in [9.17, 15) is 5.11 Å². The van der Waals surface area contributed by atoms with Gasteiger partial charge in [0, 0.05) is 37.8 Å². The van der Waals surface area contributed by atoms with Crippen LogP contribution in [-0.2, 0) is 20.0 Å². The number of hydrogen-bond acceptors (Lipinski definition) is 3. The number of rotatable bonds is 1. The Morgan fingerprint density at radius 1 is 1.29 bits per heavy atom. The number of nitrogens with zero attached hydrogens (tertiary/aromatic N) is 2. The van der Waals surface area contributed by atoms with Crippen molar-refractivity contribution in [2.75, 3.05) is 6.54 Å². The number of benzene rings is 1. The molecule has 2 N–H and O–H groups in total. The van der Waals surface area contributed by atoms with Crippen LogP contribution in [-0.4, -0.2) is 21.2 Å². The molecule has 0 fully saturated rings. The molecular formula is C13H15N3O. The van der Waals surface area contributed by atoms with E-state index >= 15 is 0 Å². The Morgan fingerprint density at radius 3 is 2.76 bits per heavy atom. The minimum Gasteiger partial charge on any atom is -0.508 e. The summed E-state index contributed by atoms with van der Waals surface area (Å²) in [7, 11) is 2.05. The van der Waals surface area contributed by atoms with Gasteiger partial charge in [-0.15, -0.1) is 0 Å². The zero-order valence-corrected chi connectivity index (χ0v) is 9.77. The first kappa shape index (κ1) is 10.4. The molecule has 3 rings (SSSR count). The van der Waals surface area contributed by atoms with Crippen molar-refractivity contribution in [1.29, 1.82) is 0 Å². The summed E-state index contributed by atoms with van der Waals surface area (Å²) in [4.78, 5) is 4.67. The first-order valence-corrected chi connectivity index (χ1v) is 5.80. The summed E-state index contributed by atoms with van der Waals surface area (Å²) in [5.41, 5.74) is 3.49. The minimum atomic E-state index is 0.286. The van der Waals surface area contributed by atoms with Crippen molar-refractivity contribution in [3.63, 3.8) is 0 Å². The Bertz CT molecular complexity index is 543. The van der Waals surface area contributed by atoms with Crippen molar-refractivity contribution in [2.45, 2.75) is 13.0 Å². The molecule has 0 saturated heterocycles. The fraction of sp³-hybridized carbons (Fsp3) is 0.308. The van der Waals surface area contributed by atoms with Crippen molar-refractivity contribution < 1.29 is 5.11 Å². The van der Waals surface area contributed by atoms with Crippen LogP contribution in [0.2, 0.25) is 0 Å². The van der Waals surface area contributed by atoms with Gasteiger partial charge in [0.05, 0.1) is 5.69 Å². The molecule has 0 amide bonds. The lowest BCUT2D eigenvalue weighted by Crippen LogP contribution is -2.24. The second-order valence-corrected chi connectivity index (χ2v) is 4.36. The first-order chi connectivity index (χ1) is 8.25. The van der Waals surface area contributed by atoms with E-state index in [1.54, 1.807) is 12.1 Å². The van der Waals surface area contributed by atoms with Gasteiger partial charge in [0.2, 0.25) is 0 Å². The second kappa shape index (κ2) is 3.89. The molecule has 0 radical (unpaired) electrons. The number of phenols is 1. The molecule has 0 bridgehead atoms. The fourth-order valence-electron chi connectivity index (χ4n) is 2.32. The van der Waals surface area contributed by atoms with Gasteiger partial charge in [-0.3, -0.25) is 0 Å². The highest BCUT2D eigenvalue weighted by atomic mass is 16.3. The summed E-state index contributed by atoms with van der Waals surface area (Å²) in [5.74, 6) is 1.26. The zero-order chi connectivity index (χ0) is 11.8. The average Bonchev–Trinajstić information content (AvgIpc) is 2.69. The summed E-state index contributed by atoms with van der Waals surface area (Å²) >= 11 is 0. The molecule has 1 aromatic carbocycles. The third-order valence-corrected chi connectivity index (χ3v) is 3.25. The van der Waals surface area contributed by atoms with Gasteiger partial charge < -0.3 is 15.0 Å².